The molecule has 28 heavy (non-hydrogen) atoms. The van der Waals surface area contributed by atoms with E-state index in [9.17, 15) is 5.11 Å². The molecule has 0 fully saturated rings. The molecule has 0 amide bonds. The number of rotatable bonds is 8. The lowest BCUT2D eigenvalue weighted by molar-refractivity contribution is 0.248. The molecular formula is C22H27N5O. The van der Waals surface area contributed by atoms with Crippen LogP contribution in [-0.2, 0) is 6.54 Å². The molecule has 0 aliphatic rings. The second-order valence-corrected chi connectivity index (χ2v) is 7.16. The molecule has 0 bridgehead atoms. The predicted molar refractivity (Wildman–Crippen MR) is 113 cm³/mol. The van der Waals surface area contributed by atoms with Crippen LogP contribution in [0.2, 0.25) is 0 Å². The zero-order valence-corrected chi connectivity index (χ0v) is 16.6. The van der Waals surface area contributed by atoms with Crippen LogP contribution in [-0.4, -0.2) is 32.7 Å². The fourth-order valence-corrected chi connectivity index (χ4v) is 2.85. The molecule has 6 heteroatoms. The Morgan fingerprint density at radius 1 is 1.07 bits per heavy atom. The molecular weight excluding hydrogens is 350 g/mol. The number of hydrogen-bond donors (Lipinski definition) is 3. The average Bonchev–Trinajstić information content (AvgIpc) is 2.71. The molecule has 0 saturated heterocycles. The maximum Gasteiger partial charge on any atom is 0.225 e. The van der Waals surface area contributed by atoms with Crippen molar-refractivity contribution >= 4 is 11.8 Å². The number of nitrogens with zero attached hydrogens (tertiary/aromatic N) is 3. The quantitative estimate of drug-likeness (QED) is 0.552. The summed E-state index contributed by atoms with van der Waals surface area (Å²) in [6.45, 7) is 6.89. The molecule has 0 aliphatic carbocycles. The van der Waals surface area contributed by atoms with Crippen LogP contribution in [0.5, 0.6) is 0 Å². The van der Waals surface area contributed by atoms with Crippen molar-refractivity contribution < 1.29 is 5.11 Å². The van der Waals surface area contributed by atoms with Gasteiger partial charge >= 0.3 is 0 Å². The van der Waals surface area contributed by atoms with Gasteiger partial charge in [0.15, 0.2) is 0 Å². The Hall–Kier alpha value is -2.99. The predicted octanol–water partition coefficient (Wildman–Crippen LogP) is 3.89. The van der Waals surface area contributed by atoms with Crippen molar-refractivity contribution in [3.8, 4) is 11.3 Å². The smallest absolute Gasteiger partial charge is 0.225 e. The molecule has 2 heterocycles. The van der Waals surface area contributed by atoms with Crippen LogP contribution in [0.15, 0.2) is 54.9 Å². The largest absolute Gasteiger partial charge is 0.394 e. The second-order valence-electron chi connectivity index (χ2n) is 7.16. The van der Waals surface area contributed by atoms with E-state index in [1.807, 2.05) is 30.3 Å². The molecule has 0 spiro atoms. The highest BCUT2D eigenvalue weighted by atomic mass is 16.3. The molecule has 1 atom stereocenters. The van der Waals surface area contributed by atoms with E-state index in [0.29, 0.717) is 12.5 Å². The third-order valence-electron chi connectivity index (χ3n) is 4.72. The van der Waals surface area contributed by atoms with Gasteiger partial charge in [0.25, 0.3) is 0 Å². The monoisotopic (exact) mass is 377 g/mol. The van der Waals surface area contributed by atoms with Gasteiger partial charge in [0.2, 0.25) is 5.95 Å². The summed E-state index contributed by atoms with van der Waals surface area (Å²) in [4.78, 5) is 13.4. The van der Waals surface area contributed by atoms with Gasteiger partial charge in [-0.1, -0.05) is 38.1 Å². The van der Waals surface area contributed by atoms with E-state index >= 15 is 0 Å². The molecule has 0 radical (unpaired) electrons. The van der Waals surface area contributed by atoms with Gasteiger partial charge in [0, 0.05) is 30.6 Å². The number of hydrogen-bond acceptors (Lipinski definition) is 6. The van der Waals surface area contributed by atoms with Gasteiger partial charge in [0.05, 0.1) is 18.3 Å². The van der Waals surface area contributed by atoms with Gasteiger partial charge in [-0.15, -0.1) is 0 Å². The minimum atomic E-state index is -0.117. The second kappa shape index (κ2) is 9.28. The maximum absolute atomic E-state index is 9.65. The summed E-state index contributed by atoms with van der Waals surface area (Å²) < 4.78 is 0. The van der Waals surface area contributed by atoms with Crippen molar-refractivity contribution in [1.82, 2.24) is 15.0 Å². The van der Waals surface area contributed by atoms with Crippen LogP contribution in [0.4, 0.5) is 11.8 Å². The van der Waals surface area contributed by atoms with Crippen molar-refractivity contribution in [1.29, 1.82) is 0 Å². The lowest BCUT2D eigenvalue weighted by atomic mass is 10.1. The zero-order valence-electron chi connectivity index (χ0n) is 16.6. The standard InChI is InChI=1S/C22H27N5O/c1-15(2)20(14-28)26-22-25-19(18-9-6-10-23-12-18)11-21(27-22)24-13-17-8-5-4-7-16(17)3/h4-12,15,20,28H,13-14H2,1-3H3,(H2,24,25,26,27)/t20-/m0/s1. The number of aliphatic hydroxyl groups excluding tert-OH is 1. The van der Waals surface area contributed by atoms with Crippen molar-refractivity contribution in [2.24, 2.45) is 5.92 Å². The van der Waals surface area contributed by atoms with Gasteiger partial charge in [-0.3, -0.25) is 4.98 Å². The number of aromatic nitrogens is 3. The fraction of sp³-hybridized carbons (Fsp3) is 0.318. The SMILES string of the molecule is Cc1ccccc1CNc1cc(-c2cccnc2)nc(N[C@@H](CO)C(C)C)n1. The summed E-state index contributed by atoms with van der Waals surface area (Å²) in [5, 5.41) is 16.3. The van der Waals surface area contributed by atoms with E-state index < -0.39 is 0 Å². The van der Waals surface area contributed by atoms with E-state index in [-0.39, 0.29) is 18.6 Å². The van der Waals surface area contributed by atoms with Crippen LogP contribution in [0.3, 0.4) is 0 Å². The Morgan fingerprint density at radius 3 is 2.57 bits per heavy atom. The Morgan fingerprint density at radius 2 is 1.89 bits per heavy atom. The summed E-state index contributed by atoms with van der Waals surface area (Å²) in [6, 6.07) is 13.9. The Bertz CT molecular complexity index is 898. The molecule has 146 valence electrons. The molecule has 0 unspecified atom stereocenters. The first-order chi connectivity index (χ1) is 13.6. The van der Waals surface area contributed by atoms with E-state index in [2.05, 4.69) is 58.5 Å². The number of pyridine rings is 1. The first-order valence-corrected chi connectivity index (χ1v) is 9.52. The highest BCUT2D eigenvalue weighted by molar-refractivity contribution is 5.63. The van der Waals surface area contributed by atoms with E-state index in [4.69, 9.17) is 0 Å². The van der Waals surface area contributed by atoms with Crippen LogP contribution in [0.1, 0.15) is 25.0 Å². The molecule has 3 N–H and O–H groups in total. The Labute approximate surface area is 166 Å². The van der Waals surface area contributed by atoms with Crippen LogP contribution >= 0.6 is 0 Å². The summed E-state index contributed by atoms with van der Waals surface area (Å²) >= 11 is 0. The Kier molecular flexibility index (Phi) is 6.55. The maximum atomic E-state index is 9.65. The van der Waals surface area contributed by atoms with Crippen molar-refractivity contribution in [3.63, 3.8) is 0 Å². The molecule has 6 nitrogen and oxygen atoms in total. The number of aliphatic hydroxyl groups is 1. The highest BCUT2D eigenvalue weighted by Gasteiger charge is 2.15. The molecule has 0 aliphatic heterocycles. The first-order valence-electron chi connectivity index (χ1n) is 9.52. The first kappa shape index (κ1) is 19.8. The van der Waals surface area contributed by atoms with Crippen LogP contribution < -0.4 is 10.6 Å². The summed E-state index contributed by atoms with van der Waals surface area (Å²) in [5.74, 6) is 1.46. The Balaban J connectivity index is 1.89. The number of benzene rings is 1. The number of aryl methyl sites for hydroxylation is 1. The minimum absolute atomic E-state index is 0.0180. The van der Waals surface area contributed by atoms with E-state index in [1.54, 1.807) is 12.4 Å². The van der Waals surface area contributed by atoms with Crippen LogP contribution in [0.25, 0.3) is 11.3 Å². The van der Waals surface area contributed by atoms with E-state index in [0.717, 1.165) is 17.1 Å². The van der Waals surface area contributed by atoms with Gasteiger partial charge in [-0.2, -0.15) is 4.98 Å². The van der Waals surface area contributed by atoms with Crippen molar-refractivity contribution in [2.45, 2.75) is 33.4 Å². The zero-order chi connectivity index (χ0) is 19.9. The summed E-state index contributed by atoms with van der Waals surface area (Å²) in [5.41, 5.74) is 4.14. The molecule has 0 saturated carbocycles. The van der Waals surface area contributed by atoms with Crippen molar-refractivity contribution in [2.75, 3.05) is 17.2 Å². The van der Waals surface area contributed by atoms with Gasteiger partial charge in [0.1, 0.15) is 5.82 Å². The fourth-order valence-electron chi connectivity index (χ4n) is 2.85. The topological polar surface area (TPSA) is 83.0 Å². The molecule has 3 rings (SSSR count). The van der Waals surface area contributed by atoms with E-state index in [1.165, 1.54) is 11.1 Å². The lowest BCUT2D eigenvalue weighted by Crippen LogP contribution is -2.30. The molecule has 1 aromatic carbocycles. The number of anilines is 2. The van der Waals surface area contributed by atoms with Crippen molar-refractivity contribution in [3.05, 3.63) is 66.0 Å². The normalized spacial score (nSPS) is 12.0. The molecule has 2 aromatic heterocycles. The van der Waals surface area contributed by atoms with Crippen LogP contribution in [0, 0.1) is 12.8 Å². The summed E-state index contributed by atoms with van der Waals surface area (Å²) in [7, 11) is 0. The van der Waals surface area contributed by atoms with Gasteiger partial charge in [-0.05, 0) is 36.1 Å². The minimum Gasteiger partial charge on any atom is -0.394 e. The van der Waals surface area contributed by atoms with Gasteiger partial charge < -0.3 is 15.7 Å². The third kappa shape index (κ3) is 5.04. The lowest BCUT2D eigenvalue weighted by Gasteiger charge is -2.20. The summed E-state index contributed by atoms with van der Waals surface area (Å²) in [6.07, 6.45) is 3.52. The van der Waals surface area contributed by atoms with Gasteiger partial charge in [-0.25, -0.2) is 4.98 Å². The molecule has 3 aromatic rings. The number of nitrogens with one attached hydrogen (secondary N) is 2. The third-order valence-corrected chi connectivity index (χ3v) is 4.72. The average molecular weight is 377 g/mol. The highest BCUT2D eigenvalue weighted by Crippen LogP contribution is 2.22.